The van der Waals surface area contributed by atoms with Crippen molar-refractivity contribution in [1.82, 2.24) is 16.2 Å². The maximum absolute atomic E-state index is 13.0. The SMILES string of the molecule is C[C@H](NC(=O)C12CC3CC(CC(C3)C1)C2)C(=O)NNC(=O)c1ccc([N+](=O)[O-])cc1. The summed E-state index contributed by atoms with van der Waals surface area (Å²) in [4.78, 5) is 47.6. The molecule has 1 aromatic rings. The van der Waals surface area contributed by atoms with Crippen LogP contribution in [0.2, 0.25) is 0 Å². The predicted molar refractivity (Wildman–Crippen MR) is 107 cm³/mol. The number of nitro groups is 1. The van der Waals surface area contributed by atoms with Crippen LogP contribution in [0.4, 0.5) is 5.69 Å². The predicted octanol–water partition coefficient (Wildman–Crippen LogP) is 2.08. The van der Waals surface area contributed by atoms with Crippen LogP contribution < -0.4 is 16.2 Å². The number of carbonyl (C=O) groups is 3. The maximum Gasteiger partial charge on any atom is 0.269 e. The number of nitro benzene ring substituents is 1. The van der Waals surface area contributed by atoms with Crippen LogP contribution in [-0.2, 0) is 9.59 Å². The Balaban J connectivity index is 1.29. The standard InChI is InChI=1S/C21H26N4O5/c1-12(18(26)23-24-19(27)16-2-4-17(5-3-16)25(29)30)22-20(28)21-9-13-6-14(10-21)8-15(7-13)11-21/h2-5,12-15H,6-11H2,1H3,(H,22,28)(H,23,26)(H,24,27)/t12-,13?,14?,15?,21?/m0/s1. The van der Waals surface area contributed by atoms with Crippen LogP contribution in [0.3, 0.4) is 0 Å². The van der Waals surface area contributed by atoms with Crippen molar-refractivity contribution in [1.29, 1.82) is 0 Å². The van der Waals surface area contributed by atoms with Crippen molar-refractivity contribution >= 4 is 23.4 Å². The molecule has 4 saturated carbocycles. The van der Waals surface area contributed by atoms with Crippen molar-refractivity contribution in [2.24, 2.45) is 23.2 Å². The molecule has 1 aromatic carbocycles. The van der Waals surface area contributed by atoms with E-state index in [4.69, 9.17) is 0 Å². The third kappa shape index (κ3) is 3.88. The van der Waals surface area contributed by atoms with Crippen LogP contribution >= 0.6 is 0 Å². The number of nitrogens with one attached hydrogen (secondary N) is 3. The zero-order valence-corrected chi connectivity index (χ0v) is 16.8. The molecule has 3 amide bonds. The summed E-state index contributed by atoms with van der Waals surface area (Å²) in [5.41, 5.74) is 4.29. The highest BCUT2D eigenvalue weighted by molar-refractivity contribution is 5.96. The molecule has 160 valence electrons. The topological polar surface area (TPSA) is 130 Å². The number of amides is 3. The monoisotopic (exact) mass is 414 g/mol. The quantitative estimate of drug-likeness (QED) is 0.502. The summed E-state index contributed by atoms with van der Waals surface area (Å²) in [5.74, 6) is 0.721. The van der Waals surface area contributed by atoms with E-state index in [1.807, 2.05) is 0 Å². The van der Waals surface area contributed by atoms with Crippen molar-refractivity contribution in [2.45, 2.75) is 51.5 Å². The zero-order chi connectivity index (χ0) is 21.5. The second-order valence-corrected chi connectivity index (χ2v) is 9.14. The molecule has 0 radical (unpaired) electrons. The first-order valence-electron chi connectivity index (χ1n) is 10.4. The Morgan fingerprint density at radius 1 is 1.00 bits per heavy atom. The van der Waals surface area contributed by atoms with Crippen molar-refractivity contribution in [3.05, 3.63) is 39.9 Å². The summed E-state index contributed by atoms with van der Waals surface area (Å²) in [6.45, 7) is 1.59. The highest BCUT2D eigenvalue weighted by Crippen LogP contribution is 2.60. The smallest absolute Gasteiger partial charge is 0.269 e. The van der Waals surface area contributed by atoms with Gasteiger partial charge in [-0.2, -0.15) is 0 Å². The van der Waals surface area contributed by atoms with Gasteiger partial charge >= 0.3 is 0 Å². The van der Waals surface area contributed by atoms with Crippen molar-refractivity contribution in [3.63, 3.8) is 0 Å². The average molecular weight is 414 g/mol. The zero-order valence-electron chi connectivity index (χ0n) is 16.8. The van der Waals surface area contributed by atoms with Gasteiger partial charge in [0, 0.05) is 23.1 Å². The minimum absolute atomic E-state index is 0.0501. The minimum atomic E-state index is -0.789. The lowest BCUT2D eigenvalue weighted by atomic mass is 9.49. The van der Waals surface area contributed by atoms with E-state index in [1.165, 1.54) is 43.5 Å². The van der Waals surface area contributed by atoms with Gasteiger partial charge in [-0.05, 0) is 75.3 Å². The van der Waals surface area contributed by atoms with E-state index in [0.29, 0.717) is 17.8 Å². The van der Waals surface area contributed by atoms with Crippen molar-refractivity contribution in [2.75, 3.05) is 0 Å². The van der Waals surface area contributed by atoms with Crippen LogP contribution in [0, 0.1) is 33.3 Å². The lowest BCUT2D eigenvalue weighted by Crippen LogP contribution is -2.57. The van der Waals surface area contributed by atoms with E-state index in [1.54, 1.807) is 6.92 Å². The third-order valence-corrected chi connectivity index (χ3v) is 6.90. The number of benzene rings is 1. The number of rotatable bonds is 5. The van der Waals surface area contributed by atoms with Gasteiger partial charge in [0.2, 0.25) is 5.91 Å². The van der Waals surface area contributed by atoms with E-state index in [2.05, 4.69) is 16.2 Å². The van der Waals surface area contributed by atoms with E-state index in [0.717, 1.165) is 19.3 Å². The van der Waals surface area contributed by atoms with Gasteiger partial charge in [0.1, 0.15) is 6.04 Å². The number of non-ortho nitro benzene ring substituents is 1. The van der Waals surface area contributed by atoms with Gasteiger partial charge in [0.15, 0.2) is 0 Å². The fourth-order valence-electron chi connectivity index (χ4n) is 5.84. The molecule has 4 aliphatic carbocycles. The van der Waals surface area contributed by atoms with Gasteiger partial charge < -0.3 is 5.32 Å². The summed E-state index contributed by atoms with van der Waals surface area (Å²) in [5, 5.41) is 13.5. The van der Waals surface area contributed by atoms with E-state index in [9.17, 15) is 24.5 Å². The fourth-order valence-corrected chi connectivity index (χ4v) is 5.84. The van der Waals surface area contributed by atoms with E-state index < -0.39 is 22.8 Å². The molecule has 4 bridgehead atoms. The molecule has 0 saturated heterocycles. The molecule has 5 rings (SSSR count). The van der Waals surface area contributed by atoms with Gasteiger partial charge in [-0.1, -0.05) is 0 Å². The molecule has 0 spiro atoms. The second-order valence-electron chi connectivity index (χ2n) is 9.14. The number of carbonyl (C=O) groups excluding carboxylic acids is 3. The number of hydrogen-bond acceptors (Lipinski definition) is 5. The molecule has 0 aromatic heterocycles. The normalized spacial score (nSPS) is 29.7. The molecule has 3 N–H and O–H groups in total. The molecule has 1 atom stereocenters. The van der Waals surface area contributed by atoms with Crippen molar-refractivity contribution in [3.8, 4) is 0 Å². The summed E-state index contributed by atoms with van der Waals surface area (Å²) in [6.07, 6.45) is 6.44. The Hall–Kier alpha value is -2.97. The van der Waals surface area contributed by atoms with E-state index in [-0.39, 0.29) is 22.6 Å². The Morgan fingerprint density at radius 3 is 2.03 bits per heavy atom. The second kappa shape index (κ2) is 7.70. The average Bonchev–Trinajstić information content (AvgIpc) is 2.70. The molecule has 4 aliphatic rings. The van der Waals surface area contributed by atoms with Gasteiger partial charge in [-0.15, -0.1) is 0 Å². The maximum atomic E-state index is 13.0. The molecule has 0 aliphatic heterocycles. The number of hydrogen-bond donors (Lipinski definition) is 3. The third-order valence-electron chi connectivity index (χ3n) is 6.90. The summed E-state index contributed by atoms with van der Waals surface area (Å²) in [7, 11) is 0. The lowest BCUT2D eigenvalue weighted by molar-refractivity contribution is -0.384. The van der Waals surface area contributed by atoms with Crippen LogP contribution in [0.25, 0.3) is 0 Å². The Labute approximate surface area is 174 Å². The molecular formula is C21H26N4O5. The van der Waals surface area contributed by atoms with Crippen LogP contribution in [0.15, 0.2) is 24.3 Å². The molecule has 30 heavy (non-hydrogen) atoms. The van der Waals surface area contributed by atoms with Crippen molar-refractivity contribution < 1.29 is 19.3 Å². The molecule has 9 heteroatoms. The van der Waals surface area contributed by atoms with Gasteiger partial charge in [0.25, 0.3) is 17.5 Å². The first-order chi connectivity index (χ1) is 14.3. The first-order valence-corrected chi connectivity index (χ1v) is 10.4. The summed E-state index contributed by atoms with van der Waals surface area (Å²) < 4.78 is 0. The molecule has 0 unspecified atom stereocenters. The summed E-state index contributed by atoms with van der Waals surface area (Å²) >= 11 is 0. The van der Waals surface area contributed by atoms with Gasteiger partial charge in [0.05, 0.1) is 4.92 Å². The molecule has 0 heterocycles. The highest BCUT2D eigenvalue weighted by Gasteiger charge is 2.54. The highest BCUT2D eigenvalue weighted by atomic mass is 16.6. The Kier molecular flexibility index (Phi) is 5.21. The van der Waals surface area contributed by atoms with E-state index >= 15 is 0 Å². The Bertz CT molecular complexity index is 847. The number of hydrazine groups is 1. The lowest BCUT2D eigenvalue weighted by Gasteiger charge is -2.55. The fraction of sp³-hybridized carbons (Fsp3) is 0.571. The Morgan fingerprint density at radius 2 is 1.53 bits per heavy atom. The molecule has 9 nitrogen and oxygen atoms in total. The van der Waals surface area contributed by atoms with Crippen LogP contribution in [0.1, 0.15) is 55.8 Å². The number of nitrogens with zero attached hydrogens (tertiary/aromatic N) is 1. The molecule has 4 fully saturated rings. The van der Waals surface area contributed by atoms with Crippen LogP contribution in [-0.4, -0.2) is 28.7 Å². The largest absolute Gasteiger partial charge is 0.344 e. The van der Waals surface area contributed by atoms with Crippen LogP contribution in [0.5, 0.6) is 0 Å². The van der Waals surface area contributed by atoms with Gasteiger partial charge in [-0.3, -0.25) is 35.3 Å². The summed E-state index contributed by atoms with van der Waals surface area (Å²) in [6, 6.07) is 4.24. The molecular weight excluding hydrogens is 388 g/mol. The minimum Gasteiger partial charge on any atom is -0.344 e. The first kappa shape index (κ1) is 20.3. The van der Waals surface area contributed by atoms with Gasteiger partial charge in [-0.25, -0.2) is 0 Å².